The van der Waals surface area contributed by atoms with Crippen LogP contribution in [0.1, 0.15) is 0 Å². The van der Waals surface area contributed by atoms with Crippen LogP contribution in [-0.4, -0.2) is 0 Å². The average Bonchev–Trinajstić information content (AvgIpc) is 3.66. The second-order valence-electron chi connectivity index (χ2n) is 14.5. The number of para-hydroxylation sites is 1. The van der Waals surface area contributed by atoms with Crippen LogP contribution in [0.3, 0.4) is 0 Å². The summed E-state index contributed by atoms with van der Waals surface area (Å²) in [5, 5.41) is 9.91. The van der Waals surface area contributed by atoms with E-state index in [0.717, 1.165) is 50.1 Å². The number of nitrogens with zero attached hydrogens (tertiary/aromatic N) is 1. The zero-order chi connectivity index (χ0) is 37.0. The molecule has 0 amide bonds. The lowest BCUT2D eigenvalue weighted by Crippen LogP contribution is -2.10. The Bertz CT molecular complexity index is 3240. The van der Waals surface area contributed by atoms with E-state index in [9.17, 15) is 0 Å². The van der Waals surface area contributed by atoms with Gasteiger partial charge in [0.15, 0.2) is 0 Å². The monoisotopic (exact) mass is 713 g/mol. The van der Waals surface area contributed by atoms with Crippen LogP contribution in [0.5, 0.6) is 0 Å². The minimum Gasteiger partial charge on any atom is -0.456 e. The Balaban J connectivity index is 1.05. The lowest BCUT2D eigenvalue weighted by atomic mass is 9.94. The number of benzene rings is 10. The van der Waals surface area contributed by atoms with E-state index in [-0.39, 0.29) is 0 Å². The molecular formula is C54H35NO. The fourth-order valence-electron chi connectivity index (χ4n) is 8.54. The van der Waals surface area contributed by atoms with Crippen LogP contribution in [0.15, 0.2) is 217 Å². The average molecular weight is 714 g/mol. The lowest BCUT2D eigenvalue weighted by molar-refractivity contribution is 0.669. The number of rotatable bonds is 6. The number of fused-ring (bicyclic) bond motifs is 8. The highest BCUT2D eigenvalue weighted by Gasteiger charge is 2.17. The Morgan fingerprint density at radius 3 is 1.66 bits per heavy atom. The first-order valence-corrected chi connectivity index (χ1v) is 19.2. The summed E-state index contributed by atoms with van der Waals surface area (Å²) in [6, 6.07) is 76.5. The summed E-state index contributed by atoms with van der Waals surface area (Å²) in [7, 11) is 0. The van der Waals surface area contributed by atoms with Gasteiger partial charge in [0.1, 0.15) is 11.2 Å². The molecule has 11 aromatic rings. The van der Waals surface area contributed by atoms with Gasteiger partial charge < -0.3 is 9.32 Å². The molecule has 1 heterocycles. The molecule has 2 heteroatoms. The van der Waals surface area contributed by atoms with Gasteiger partial charge >= 0.3 is 0 Å². The summed E-state index contributed by atoms with van der Waals surface area (Å²) in [5.74, 6) is 0. The van der Waals surface area contributed by atoms with Gasteiger partial charge in [-0.1, -0.05) is 158 Å². The Hall–Kier alpha value is -7.42. The van der Waals surface area contributed by atoms with Crippen molar-refractivity contribution < 1.29 is 4.42 Å². The Morgan fingerprint density at radius 1 is 0.286 bits per heavy atom. The van der Waals surface area contributed by atoms with Gasteiger partial charge in [-0.2, -0.15) is 0 Å². The molecule has 10 aromatic carbocycles. The molecule has 0 aliphatic rings. The van der Waals surface area contributed by atoms with Crippen molar-refractivity contribution in [1.29, 1.82) is 0 Å². The third-order valence-electron chi connectivity index (χ3n) is 11.2. The summed E-state index contributed by atoms with van der Waals surface area (Å²) in [4.78, 5) is 2.37. The lowest BCUT2D eigenvalue weighted by Gasteiger charge is -2.27. The van der Waals surface area contributed by atoms with Crippen molar-refractivity contribution in [1.82, 2.24) is 0 Å². The molecule has 2 nitrogen and oxygen atoms in total. The molecule has 0 aliphatic carbocycles. The highest BCUT2D eigenvalue weighted by molar-refractivity contribution is 6.20. The minimum absolute atomic E-state index is 0.895. The highest BCUT2D eigenvalue weighted by atomic mass is 16.3. The maximum atomic E-state index is 6.29. The summed E-state index contributed by atoms with van der Waals surface area (Å²) in [6.07, 6.45) is 0. The van der Waals surface area contributed by atoms with E-state index in [0.29, 0.717) is 0 Å². The molecule has 56 heavy (non-hydrogen) atoms. The summed E-state index contributed by atoms with van der Waals surface area (Å²) in [5.41, 5.74) is 12.1. The van der Waals surface area contributed by atoms with Gasteiger partial charge in [-0.25, -0.2) is 0 Å². The van der Waals surface area contributed by atoms with Crippen molar-refractivity contribution in [2.75, 3.05) is 4.90 Å². The fourth-order valence-corrected chi connectivity index (χ4v) is 8.54. The maximum absolute atomic E-state index is 6.29. The molecule has 0 N–H and O–H groups in total. The first kappa shape index (κ1) is 32.0. The largest absolute Gasteiger partial charge is 0.456 e. The van der Waals surface area contributed by atoms with E-state index in [1.54, 1.807) is 0 Å². The van der Waals surface area contributed by atoms with Crippen LogP contribution in [0.2, 0.25) is 0 Å². The van der Waals surface area contributed by atoms with Crippen LogP contribution >= 0.6 is 0 Å². The van der Waals surface area contributed by atoms with Crippen LogP contribution < -0.4 is 4.90 Å². The molecule has 0 saturated carbocycles. The van der Waals surface area contributed by atoms with Gasteiger partial charge in [-0.3, -0.25) is 0 Å². The van der Waals surface area contributed by atoms with Gasteiger partial charge in [0.2, 0.25) is 0 Å². The fraction of sp³-hybridized carbons (Fsp3) is 0. The Labute approximate surface area is 325 Å². The standard InChI is InChI=1S/C54H35NO/c1-2-11-36(12-3-1)41-14-8-16-45(33-41)55(46-17-9-15-43(34-46)48-20-10-22-52-54(48)49-19-6-7-21-51(49)56-52)44-31-29-37(30-32-44)42-28-25-39-24-27-40-26-23-38-13-4-5-18-47(38)53(40)50(39)35-42/h1-35H. The first-order chi connectivity index (χ1) is 27.7. The number of hydrogen-bond acceptors (Lipinski definition) is 2. The normalized spacial score (nSPS) is 11.6. The Kier molecular flexibility index (Phi) is 7.53. The second kappa shape index (κ2) is 13.2. The van der Waals surface area contributed by atoms with Gasteiger partial charge in [-0.05, 0) is 120 Å². The zero-order valence-corrected chi connectivity index (χ0v) is 30.6. The molecular weight excluding hydrogens is 679 g/mol. The van der Waals surface area contributed by atoms with Crippen molar-refractivity contribution in [3.8, 4) is 33.4 Å². The van der Waals surface area contributed by atoms with Crippen LogP contribution in [0, 0.1) is 0 Å². The molecule has 0 fully saturated rings. The van der Waals surface area contributed by atoms with Gasteiger partial charge in [0.05, 0.1) is 0 Å². The third kappa shape index (κ3) is 5.42. The van der Waals surface area contributed by atoms with E-state index in [1.807, 2.05) is 12.1 Å². The van der Waals surface area contributed by atoms with Crippen molar-refractivity contribution in [3.05, 3.63) is 212 Å². The van der Waals surface area contributed by atoms with E-state index in [4.69, 9.17) is 4.42 Å². The molecule has 262 valence electrons. The van der Waals surface area contributed by atoms with E-state index >= 15 is 0 Å². The van der Waals surface area contributed by atoms with E-state index in [2.05, 4.69) is 205 Å². The molecule has 0 bridgehead atoms. The molecule has 0 saturated heterocycles. The quantitative estimate of drug-likeness (QED) is 0.160. The first-order valence-electron chi connectivity index (χ1n) is 19.2. The van der Waals surface area contributed by atoms with Gasteiger partial charge in [0, 0.05) is 27.8 Å². The van der Waals surface area contributed by atoms with E-state index in [1.165, 1.54) is 54.6 Å². The molecule has 1 aromatic heterocycles. The molecule has 0 unspecified atom stereocenters. The molecule has 0 radical (unpaired) electrons. The van der Waals surface area contributed by atoms with Crippen LogP contribution in [-0.2, 0) is 0 Å². The molecule has 0 spiro atoms. The third-order valence-corrected chi connectivity index (χ3v) is 11.2. The van der Waals surface area contributed by atoms with Gasteiger partial charge in [-0.15, -0.1) is 0 Å². The predicted octanol–water partition coefficient (Wildman–Crippen LogP) is 15.5. The second-order valence-corrected chi connectivity index (χ2v) is 14.5. The summed E-state index contributed by atoms with van der Waals surface area (Å²) >= 11 is 0. The number of hydrogen-bond donors (Lipinski definition) is 0. The van der Waals surface area contributed by atoms with Crippen molar-refractivity contribution in [3.63, 3.8) is 0 Å². The van der Waals surface area contributed by atoms with Crippen molar-refractivity contribution in [2.45, 2.75) is 0 Å². The smallest absolute Gasteiger partial charge is 0.136 e. The highest BCUT2D eigenvalue weighted by Crippen LogP contribution is 2.42. The topological polar surface area (TPSA) is 16.4 Å². The predicted molar refractivity (Wildman–Crippen MR) is 237 cm³/mol. The minimum atomic E-state index is 0.895. The zero-order valence-electron chi connectivity index (χ0n) is 30.6. The van der Waals surface area contributed by atoms with Crippen molar-refractivity contribution in [2.24, 2.45) is 0 Å². The maximum Gasteiger partial charge on any atom is 0.136 e. The number of furan rings is 1. The SMILES string of the molecule is c1ccc(-c2cccc(N(c3ccc(-c4ccc5ccc6ccc7ccccc7c6c5c4)cc3)c3cccc(-c4cccc5oc6ccccc6c45)c3)c2)cc1. The number of anilines is 3. The van der Waals surface area contributed by atoms with E-state index < -0.39 is 0 Å². The van der Waals surface area contributed by atoms with Crippen LogP contribution in [0.25, 0.3) is 87.6 Å². The van der Waals surface area contributed by atoms with Gasteiger partial charge in [0.25, 0.3) is 0 Å². The molecule has 0 aliphatic heterocycles. The summed E-state index contributed by atoms with van der Waals surface area (Å²) in [6.45, 7) is 0. The Morgan fingerprint density at radius 2 is 0.839 bits per heavy atom. The van der Waals surface area contributed by atoms with Crippen LogP contribution in [0.4, 0.5) is 17.1 Å². The summed E-state index contributed by atoms with van der Waals surface area (Å²) < 4.78 is 6.29. The van der Waals surface area contributed by atoms with Crippen molar-refractivity contribution >= 4 is 71.3 Å². The molecule has 0 atom stereocenters. The molecule has 11 rings (SSSR count).